The number of anilines is 1. The molecule has 0 saturated carbocycles. The molecular formula is C23H25N2OS+. The van der Waals surface area contributed by atoms with Gasteiger partial charge in [0.1, 0.15) is 0 Å². The highest BCUT2D eigenvalue weighted by atomic mass is 32.1. The van der Waals surface area contributed by atoms with Crippen LogP contribution in [0.3, 0.4) is 0 Å². The molecule has 1 fully saturated rings. The van der Waals surface area contributed by atoms with Gasteiger partial charge in [-0.2, -0.15) is 0 Å². The summed E-state index contributed by atoms with van der Waals surface area (Å²) in [5.41, 5.74) is 3.44. The third-order valence-electron chi connectivity index (χ3n) is 5.24. The number of rotatable bonds is 4. The van der Waals surface area contributed by atoms with Gasteiger partial charge >= 0.3 is 0 Å². The summed E-state index contributed by atoms with van der Waals surface area (Å²) in [6.07, 6.45) is 4.46. The minimum Gasteiger partial charge on any atom is -0.356 e. The van der Waals surface area contributed by atoms with Crippen LogP contribution in [0.1, 0.15) is 11.1 Å². The lowest BCUT2D eigenvalue weighted by Gasteiger charge is -2.32. The Hall–Kier alpha value is -2.43. The van der Waals surface area contributed by atoms with Crippen molar-refractivity contribution in [2.24, 2.45) is 0 Å². The first-order valence-electron chi connectivity index (χ1n) is 9.53. The zero-order valence-electron chi connectivity index (χ0n) is 15.7. The molecular weight excluding hydrogens is 352 g/mol. The van der Waals surface area contributed by atoms with Crippen molar-refractivity contribution < 1.29 is 4.90 Å². The average Bonchev–Trinajstić information content (AvgIpc) is 2.70. The average molecular weight is 378 g/mol. The molecule has 3 aromatic rings. The molecule has 0 spiro atoms. The van der Waals surface area contributed by atoms with Crippen molar-refractivity contribution in [1.29, 1.82) is 0 Å². The van der Waals surface area contributed by atoms with E-state index >= 15 is 0 Å². The Labute approximate surface area is 164 Å². The molecule has 0 atom stereocenters. The molecule has 4 rings (SSSR count). The summed E-state index contributed by atoms with van der Waals surface area (Å²) in [5.74, 6) is 0. The van der Waals surface area contributed by atoms with Gasteiger partial charge in [0.25, 0.3) is 0 Å². The van der Waals surface area contributed by atoms with Crippen molar-refractivity contribution in [3.8, 4) is 0 Å². The molecule has 0 unspecified atom stereocenters. The summed E-state index contributed by atoms with van der Waals surface area (Å²) in [4.78, 5) is 16.8. The normalized spacial score (nSPS) is 15.7. The van der Waals surface area contributed by atoms with E-state index in [0.29, 0.717) is 0 Å². The number of quaternary nitrogens is 1. The number of hydrogen-bond acceptors (Lipinski definition) is 3. The van der Waals surface area contributed by atoms with E-state index in [9.17, 15) is 4.79 Å². The minimum absolute atomic E-state index is 0.180. The van der Waals surface area contributed by atoms with Gasteiger partial charge in [-0.05, 0) is 30.7 Å². The van der Waals surface area contributed by atoms with Gasteiger partial charge in [0.15, 0.2) is 0 Å². The topological polar surface area (TPSA) is 24.8 Å². The summed E-state index contributed by atoms with van der Waals surface area (Å²) >= 11 is 1.67. The van der Waals surface area contributed by atoms with Crippen molar-refractivity contribution in [2.75, 3.05) is 37.6 Å². The zero-order chi connectivity index (χ0) is 18.6. The minimum atomic E-state index is 0.180. The van der Waals surface area contributed by atoms with Crippen LogP contribution < -0.4 is 15.2 Å². The van der Waals surface area contributed by atoms with E-state index in [4.69, 9.17) is 0 Å². The Balaban J connectivity index is 1.41. The molecule has 0 bridgehead atoms. The number of fused-ring (bicyclic) bond motifs is 1. The molecule has 1 N–H and O–H groups in total. The van der Waals surface area contributed by atoms with Gasteiger partial charge in [-0.3, -0.25) is 4.79 Å². The monoisotopic (exact) mass is 377 g/mol. The van der Waals surface area contributed by atoms with E-state index in [0.717, 1.165) is 54.1 Å². The number of aryl methyl sites for hydroxylation is 1. The third-order valence-corrected chi connectivity index (χ3v) is 6.19. The smallest absolute Gasteiger partial charge is 0.211 e. The fourth-order valence-corrected chi connectivity index (χ4v) is 4.57. The standard InChI is InChI=1S/C23H24N2OS/c1-18-9-10-22-20(16-18)23(26)21(17-27-22)25-14-12-24(13-15-25)11-5-8-19-6-3-2-4-7-19/h2-10,16-17H,11-15H2,1H3/p+1/b8-5+. The second-order valence-corrected chi connectivity index (χ2v) is 8.12. The number of nitrogens with one attached hydrogen (secondary N) is 1. The molecule has 2 aromatic carbocycles. The zero-order valence-corrected chi connectivity index (χ0v) is 16.5. The summed E-state index contributed by atoms with van der Waals surface area (Å²) in [6.45, 7) is 7.08. The molecule has 1 aliphatic heterocycles. The summed E-state index contributed by atoms with van der Waals surface area (Å²) in [7, 11) is 0. The van der Waals surface area contributed by atoms with Gasteiger partial charge in [-0.15, -0.1) is 11.3 Å². The molecule has 1 saturated heterocycles. The Bertz CT molecular complexity index is 1000. The highest BCUT2D eigenvalue weighted by molar-refractivity contribution is 7.16. The molecule has 0 amide bonds. The lowest BCUT2D eigenvalue weighted by Crippen LogP contribution is -3.14. The maximum Gasteiger partial charge on any atom is 0.211 e. The molecule has 1 aromatic heterocycles. The first-order valence-corrected chi connectivity index (χ1v) is 10.4. The number of hydrogen-bond donors (Lipinski definition) is 1. The van der Waals surface area contributed by atoms with Crippen LogP contribution in [-0.2, 0) is 0 Å². The fourth-order valence-electron chi connectivity index (χ4n) is 3.65. The molecule has 0 aliphatic carbocycles. The van der Waals surface area contributed by atoms with Gasteiger partial charge in [0.05, 0.1) is 38.4 Å². The van der Waals surface area contributed by atoms with Gasteiger partial charge in [0, 0.05) is 15.5 Å². The number of nitrogens with zero attached hydrogens (tertiary/aromatic N) is 1. The van der Waals surface area contributed by atoms with Crippen LogP contribution in [-0.4, -0.2) is 32.7 Å². The Morgan fingerprint density at radius 2 is 1.89 bits per heavy atom. The maximum absolute atomic E-state index is 12.9. The van der Waals surface area contributed by atoms with Crippen LogP contribution in [0.15, 0.2) is 64.8 Å². The van der Waals surface area contributed by atoms with Gasteiger partial charge < -0.3 is 9.80 Å². The van der Waals surface area contributed by atoms with Gasteiger partial charge in [-0.1, -0.05) is 48.0 Å². The predicted molar refractivity (Wildman–Crippen MR) is 116 cm³/mol. The van der Waals surface area contributed by atoms with Crippen LogP contribution in [0.2, 0.25) is 0 Å². The second-order valence-electron chi connectivity index (χ2n) is 7.20. The summed E-state index contributed by atoms with van der Waals surface area (Å²) in [6, 6.07) is 16.6. The second kappa shape index (κ2) is 8.07. The van der Waals surface area contributed by atoms with Crippen molar-refractivity contribution in [3.05, 3.63) is 81.3 Å². The SMILES string of the molecule is Cc1ccc2scc(N3CC[NH+](C/C=C/c4ccccc4)CC3)c(=O)c2c1. The molecule has 3 nitrogen and oxygen atoms in total. The molecule has 0 radical (unpaired) electrons. The molecule has 4 heteroatoms. The van der Waals surface area contributed by atoms with E-state index in [1.54, 1.807) is 16.2 Å². The quantitative estimate of drug-likeness (QED) is 0.756. The highest BCUT2D eigenvalue weighted by Crippen LogP contribution is 2.22. The van der Waals surface area contributed by atoms with Crippen molar-refractivity contribution in [3.63, 3.8) is 0 Å². The lowest BCUT2D eigenvalue weighted by molar-refractivity contribution is -0.894. The van der Waals surface area contributed by atoms with E-state index < -0.39 is 0 Å². The van der Waals surface area contributed by atoms with E-state index in [1.807, 2.05) is 24.4 Å². The largest absolute Gasteiger partial charge is 0.356 e. The van der Waals surface area contributed by atoms with E-state index in [1.165, 1.54) is 5.56 Å². The molecule has 1 aliphatic rings. The molecule has 27 heavy (non-hydrogen) atoms. The number of piperazine rings is 1. The van der Waals surface area contributed by atoms with E-state index in [-0.39, 0.29) is 5.43 Å². The van der Waals surface area contributed by atoms with Crippen LogP contribution >= 0.6 is 11.3 Å². The third kappa shape index (κ3) is 4.12. The first kappa shape index (κ1) is 18.0. The van der Waals surface area contributed by atoms with Crippen LogP contribution in [0.25, 0.3) is 16.2 Å². The van der Waals surface area contributed by atoms with Crippen molar-refractivity contribution >= 4 is 33.2 Å². The highest BCUT2D eigenvalue weighted by Gasteiger charge is 2.21. The van der Waals surface area contributed by atoms with E-state index in [2.05, 4.69) is 53.5 Å². The van der Waals surface area contributed by atoms with Gasteiger partial charge in [0.2, 0.25) is 5.43 Å². The van der Waals surface area contributed by atoms with Crippen LogP contribution in [0, 0.1) is 6.92 Å². The van der Waals surface area contributed by atoms with Crippen LogP contribution in [0.4, 0.5) is 5.69 Å². The maximum atomic E-state index is 12.9. The Kier molecular flexibility index (Phi) is 5.37. The van der Waals surface area contributed by atoms with Crippen molar-refractivity contribution in [1.82, 2.24) is 0 Å². The molecule has 138 valence electrons. The fraction of sp³-hybridized carbons (Fsp3) is 0.261. The van der Waals surface area contributed by atoms with Crippen LogP contribution in [0.5, 0.6) is 0 Å². The van der Waals surface area contributed by atoms with Crippen molar-refractivity contribution in [2.45, 2.75) is 6.92 Å². The first-order chi connectivity index (χ1) is 13.2. The Morgan fingerprint density at radius 3 is 2.67 bits per heavy atom. The number of benzene rings is 2. The Morgan fingerprint density at radius 1 is 1.11 bits per heavy atom. The summed E-state index contributed by atoms with van der Waals surface area (Å²) < 4.78 is 1.07. The van der Waals surface area contributed by atoms with Gasteiger partial charge in [-0.25, -0.2) is 0 Å². The lowest BCUT2D eigenvalue weighted by atomic mass is 10.1. The predicted octanol–water partition coefficient (Wildman–Crippen LogP) is 2.99. The summed E-state index contributed by atoms with van der Waals surface area (Å²) in [5, 5.41) is 2.90. The molecule has 2 heterocycles.